The lowest BCUT2D eigenvalue weighted by atomic mass is 10.1. The van der Waals surface area contributed by atoms with Gasteiger partial charge in [-0.05, 0) is 18.6 Å². The third-order valence-corrected chi connectivity index (χ3v) is 2.39. The van der Waals surface area contributed by atoms with Crippen LogP contribution in [0.3, 0.4) is 0 Å². The standard InChI is InChI=1S/C15H18O5/c1-3-19-14(16)11-13(20-15(17)18-2)10-9-12-7-5-4-6-8-12/h4-10,13H,3,11H2,1-2H3/b10-9+. The van der Waals surface area contributed by atoms with Gasteiger partial charge in [0, 0.05) is 0 Å². The van der Waals surface area contributed by atoms with E-state index >= 15 is 0 Å². The van der Waals surface area contributed by atoms with Crippen LogP contribution in [0, 0.1) is 0 Å². The van der Waals surface area contributed by atoms with Crippen LogP contribution in [-0.4, -0.2) is 31.9 Å². The van der Waals surface area contributed by atoms with Gasteiger partial charge in [-0.25, -0.2) is 4.79 Å². The van der Waals surface area contributed by atoms with E-state index in [2.05, 4.69) is 4.74 Å². The van der Waals surface area contributed by atoms with Crippen molar-refractivity contribution in [2.45, 2.75) is 19.4 Å². The van der Waals surface area contributed by atoms with Gasteiger partial charge in [0.2, 0.25) is 0 Å². The molecule has 108 valence electrons. The zero-order valence-electron chi connectivity index (χ0n) is 11.6. The maximum Gasteiger partial charge on any atom is 0.508 e. The Hall–Kier alpha value is -2.30. The molecule has 0 fully saturated rings. The number of esters is 1. The van der Waals surface area contributed by atoms with E-state index in [-0.39, 0.29) is 13.0 Å². The minimum absolute atomic E-state index is 0.0493. The zero-order valence-corrected chi connectivity index (χ0v) is 11.6. The molecule has 0 radical (unpaired) electrons. The summed E-state index contributed by atoms with van der Waals surface area (Å²) in [6.45, 7) is 2.00. The number of carbonyl (C=O) groups excluding carboxylic acids is 2. The van der Waals surface area contributed by atoms with E-state index < -0.39 is 18.2 Å². The van der Waals surface area contributed by atoms with Crippen molar-refractivity contribution in [2.24, 2.45) is 0 Å². The first-order valence-electron chi connectivity index (χ1n) is 6.29. The minimum atomic E-state index is -0.836. The molecule has 1 unspecified atom stereocenters. The highest BCUT2D eigenvalue weighted by Gasteiger charge is 2.16. The molecule has 0 aliphatic carbocycles. The molecular weight excluding hydrogens is 260 g/mol. The van der Waals surface area contributed by atoms with Crippen molar-refractivity contribution in [3.05, 3.63) is 42.0 Å². The first-order chi connectivity index (χ1) is 9.65. The quantitative estimate of drug-likeness (QED) is 0.749. The Bertz CT molecular complexity index is 453. The predicted octanol–water partition coefficient (Wildman–Crippen LogP) is 2.80. The maximum absolute atomic E-state index is 11.4. The first kappa shape index (κ1) is 15.8. The molecule has 0 heterocycles. The topological polar surface area (TPSA) is 61.8 Å². The lowest BCUT2D eigenvalue weighted by Gasteiger charge is -2.12. The van der Waals surface area contributed by atoms with Gasteiger partial charge in [-0.2, -0.15) is 0 Å². The highest BCUT2D eigenvalue weighted by molar-refractivity contribution is 5.71. The molecule has 0 aliphatic rings. The average Bonchev–Trinajstić information content (AvgIpc) is 2.46. The summed E-state index contributed by atoms with van der Waals surface area (Å²) in [7, 11) is 1.21. The molecule has 5 heteroatoms. The highest BCUT2D eigenvalue weighted by Crippen LogP contribution is 2.08. The summed E-state index contributed by atoms with van der Waals surface area (Å²) in [6.07, 6.45) is 1.79. The van der Waals surface area contributed by atoms with E-state index in [1.54, 1.807) is 19.1 Å². The third-order valence-electron chi connectivity index (χ3n) is 2.39. The minimum Gasteiger partial charge on any atom is -0.466 e. The molecule has 20 heavy (non-hydrogen) atoms. The van der Waals surface area contributed by atoms with Gasteiger partial charge in [0.05, 0.1) is 20.1 Å². The van der Waals surface area contributed by atoms with Crippen molar-refractivity contribution in [1.82, 2.24) is 0 Å². The largest absolute Gasteiger partial charge is 0.508 e. The highest BCUT2D eigenvalue weighted by atomic mass is 16.7. The Morgan fingerprint density at radius 3 is 2.55 bits per heavy atom. The second kappa shape index (κ2) is 8.74. The van der Waals surface area contributed by atoms with Crippen LogP contribution in [0.15, 0.2) is 36.4 Å². The van der Waals surface area contributed by atoms with E-state index in [1.165, 1.54) is 7.11 Å². The summed E-state index contributed by atoms with van der Waals surface area (Å²) in [4.78, 5) is 22.6. The molecule has 0 saturated carbocycles. The number of carbonyl (C=O) groups is 2. The van der Waals surface area contributed by atoms with Crippen LogP contribution in [0.2, 0.25) is 0 Å². The van der Waals surface area contributed by atoms with Crippen molar-refractivity contribution >= 4 is 18.2 Å². The summed E-state index contributed by atoms with van der Waals surface area (Å²) in [5, 5.41) is 0. The predicted molar refractivity (Wildman–Crippen MR) is 74.0 cm³/mol. The van der Waals surface area contributed by atoms with Gasteiger partial charge in [-0.3, -0.25) is 4.79 Å². The maximum atomic E-state index is 11.4. The fourth-order valence-electron chi connectivity index (χ4n) is 1.49. The zero-order chi connectivity index (χ0) is 14.8. The van der Waals surface area contributed by atoms with E-state index in [0.717, 1.165) is 5.56 Å². The molecule has 0 aromatic heterocycles. The van der Waals surface area contributed by atoms with Gasteiger partial charge in [0.25, 0.3) is 0 Å². The van der Waals surface area contributed by atoms with E-state index in [4.69, 9.17) is 9.47 Å². The summed E-state index contributed by atoms with van der Waals surface area (Å²) in [5.41, 5.74) is 0.940. The smallest absolute Gasteiger partial charge is 0.466 e. The normalized spacial score (nSPS) is 11.9. The molecule has 0 amide bonds. The van der Waals surface area contributed by atoms with E-state index in [9.17, 15) is 9.59 Å². The van der Waals surface area contributed by atoms with Gasteiger partial charge >= 0.3 is 12.1 Å². The van der Waals surface area contributed by atoms with Gasteiger partial charge in [-0.1, -0.05) is 36.4 Å². The van der Waals surface area contributed by atoms with Crippen LogP contribution < -0.4 is 0 Å². The van der Waals surface area contributed by atoms with Crippen molar-refractivity contribution in [3.8, 4) is 0 Å². The Balaban J connectivity index is 2.68. The Labute approximate surface area is 118 Å². The van der Waals surface area contributed by atoms with Crippen molar-refractivity contribution in [1.29, 1.82) is 0 Å². The van der Waals surface area contributed by atoms with Crippen molar-refractivity contribution in [3.63, 3.8) is 0 Å². The number of rotatable bonds is 6. The lowest BCUT2D eigenvalue weighted by Crippen LogP contribution is -2.21. The van der Waals surface area contributed by atoms with Gasteiger partial charge in [-0.15, -0.1) is 0 Å². The van der Waals surface area contributed by atoms with Gasteiger partial charge in [0.15, 0.2) is 0 Å². The molecule has 1 atom stereocenters. The molecule has 0 spiro atoms. The molecule has 5 nitrogen and oxygen atoms in total. The number of hydrogen-bond acceptors (Lipinski definition) is 5. The molecule has 0 saturated heterocycles. The molecule has 0 N–H and O–H groups in total. The summed E-state index contributed by atoms with van der Waals surface area (Å²) >= 11 is 0. The lowest BCUT2D eigenvalue weighted by molar-refractivity contribution is -0.144. The van der Waals surface area contributed by atoms with E-state index in [0.29, 0.717) is 0 Å². The van der Waals surface area contributed by atoms with Crippen LogP contribution in [-0.2, 0) is 19.0 Å². The average molecular weight is 278 g/mol. The number of benzene rings is 1. The number of methoxy groups -OCH3 is 1. The van der Waals surface area contributed by atoms with Crippen LogP contribution in [0.1, 0.15) is 18.9 Å². The molecule has 0 bridgehead atoms. The summed E-state index contributed by atoms with van der Waals surface area (Å²) < 4.78 is 14.3. The van der Waals surface area contributed by atoms with Crippen LogP contribution in [0.4, 0.5) is 4.79 Å². The summed E-state index contributed by atoms with van der Waals surface area (Å²) in [5.74, 6) is -0.431. The fourth-order valence-corrected chi connectivity index (χ4v) is 1.49. The molecule has 1 aromatic rings. The second-order valence-corrected chi connectivity index (χ2v) is 3.89. The summed E-state index contributed by atoms with van der Waals surface area (Å²) in [6, 6.07) is 9.48. The Kier molecular flexibility index (Phi) is 6.89. The Morgan fingerprint density at radius 1 is 1.25 bits per heavy atom. The second-order valence-electron chi connectivity index (χ2n) is 3.89. The third kappa shape index (κ3) is 6.04. The Morgan fingerprint density at radius 2 is 1.95 bits per heavy atom. The van der Waals surface area contributed by atoms with Crippen molar-refractivity contribution < 1.29 is 23.8 Å². The fraction of sp³-hybridized carbons (Fsp3) is 0.333. The SMILES string of the molecule is CCOC(=O)CC(/C=C/c1ccccc1)OC(=O)OC. The van der Waals surface area contributed by atoms with Crippen LogP contribution >= 0.6 is 0 Å². The molecule has 1 rings (SSSR count). The first-order valence-corrected chi connectivity index (χ1v) is 6.29. The monoisotopic (exact) mass is 278 g/mol. The molecular formula is C15H18O5. The van der Waals surface area contributed by atoms with Gasteiger partial charge < -0.3 is 14.2 Å². The van der Waals surface area contributed by atoms with Crippen LogP contribution in [0.25, 0.3) is 6.08 Å². The molecule has 1 aromatic carbocycles. The van der Waals surface area contributed by atoms with Crippen LogP contribution in [0.5, 0.6) is 0 Å². The molecule has 0 aliphatic heterocycles. The van der Waals surface area contributed by atoms with Crippen molar-refractivity contribution in [2.75, 3.05) is 13.7 Å². The number of ether oxygens (including phenoxy) is 3. The van der Waals surface area contributed by atoms with Gasteiger partial charge in [0.1, 0.15) is 6.10 Å². The number of hydrogen-bond donors (Lipinski definition) is 0. The van der Waals surface area contributed by atoms with E-state index in [1.807, 2.05) is 30.3 Å².